The quantitative estimate of drug-likeness (QED) is 0.531. The molecule has 0 aliphatic carbocycles. The maximum Gasteiger partial charge on any atom is 0.270 e. The summed E-state index contributed by atoms with van der Waals surface area (Å²) in [6.45, 7) is 12.5. The number of phenols is 1. The van der Waals surface area contributed by atoms with E-state index in [4.69, 9.17) is 0 Å². The van der Waals surface area contributed by atoms with Crippen molar-refractivity contribution in [3.05, 3.63) is 44.7 Å². The van der Waals surface area contributed by atoms with Crippen LogP contribution in [-0.2, 0) is 15.6 Å². The first kappa shape index (κ1) is 24.3. The Morgan fingerprint density at radius 3 is 2.12 bits per heavy atom. The van der Waals surface area contributed by atoms with Crippen LogP contribution < -0.4 is 10.9 Å². The standard InChI is InChI=1S/C25H35N3O3S2/c1-24(2,3)16-11-14(12-17(20(16)30)25(4,5)6)21-19-22(26-18(29)13-33-21)28(27-23(19)31)15-7-9-32-10-8-15/h11-12,15,21,30H,7-10,13H2,1-6H3,(H,26,29)(H,27,31)/t21-/m0/s1. The summed E-state index contributed by atoms with van der Waals surface area (Å²) in [5.74, 6) is 3.21. The lowest BCUT2D eigenvalue weighted by atomic mass is 9.78. The number of phenolic OH excluding ortho intramolecular Hbond substituents is 1. The molecule has 8 heteroatoms. The Kier molecular flexibility index (Phi) is 6.46. The van der Waals surface area contributed by atoms with Gasteiger partial charge in [0.1, 0.15) is 11.6 Å². The molecule has 0 radical (unpaired) electrons. The monoisotopic (exact) mass is 489 g/mol. The molecule has 180 valence electrons. The fourth-order valence-electron chi connectivity index (χ4n) is 4.68. The number of carbonyl (C=O) groups excluding carboxylic acids is 1. The lowest BCUT2D eigenvalue weighted by Crippen LogP contribution is -2.22. The van der Waals surface area contributed by atoms with Gasteiger partial charge in [-0.05, 0) is 51.9 Å². The van der Waals surface area contributed by atoms with Gasteiger partial charge < -0.3 is 10.4 Å². The summed E-state index contributed by atoms with van der Waals surface area (Å²) < 4.78 is 1.91. The molecule has 0 bridgehead atoms. The second-order valence-corrected chi connectivity index (χ2v) is 13.4. The molecule has 2 aliphatic rings. The van der Waals surface area contributed by atoms with Gasteiger partial charge in [-0.2, -0.15) is 11.8 Å². The van der Waals surface area contributed by atoms with E-state index in [-0.39, 0.29) is 39.3 Å². The van der Waals surface area contributed by atoms with E-state index >= 15 is 0 Å². The summed E-state index contributed by atoms with van der Waals surface area (Å²) in [5.41, 5.74) is 2.58. The normalized spacial score (nSPS) is 20.3. The Labute approximate surface area is 204 Å². The van der Waals surface area contributed by atoms with E-state index in [9.17, 15) is 14.7 Å². The van der Waals surface area contributed by atoms with Gasteiger partial charge in [-0.15, -0.1) is 11.8 Å². The van der Waals surface area contributed by atoms with Gasteiger partial charge in [-0.3, -0.25) is 19.4 Å². The Balaban J connectivity index is 1.91. The van der Waals surface area contributed by atoms with Gasteiger partial charge in [0.05, 0.1) is 22.6 Å². The van der Waals surface area contributed by atoms with Crippen molar-refractivity contribution in [2.24, 2.45) is 0 Å². The first-order valence-corrected chi connectivity index (χ1v) is 13.8. The SMILES string of the molecule is CC(C)(C)c1cc([C@@H]2SCC(=O)Nc3c2c(=O)[nH]n3C2CCSCC2)cc(C(C)(C)C)c1O. The zero-order chi connectivity index (χ0) is 24.1. The van der Waals surface area contributed by atoms with Crippen LogP contribution in [0, 0.1) is 0 Å². The summed E-state index contributed by atoms with van der Waals surface area (Å²) in [4.78, 5) is 26.0. The van der Waals surface area contributed by atoms with E-state index in [2.05, 4.69) is 52.0 Å². The fraction of sp³-hybridized carbons (Fsp3) is 0.600. The van der Waals surface area contributed by atoms with Crippen LogP contribution in [-0.4, -0.2) is 38.1 Å². The molecule has 1 aromatic carbocycles. The number of hydrogen-bond acceptors (Lipinski definition) is 5. The summed E-state index contributed by atoms with van der Waals surface area (Å²) in [5, 5.41) is 16.9. The van der Waals surface area contributed by atoms with Gasteiger partial charge in [0, 0.05) is 0 Å². The van der Waals surface area contributed by atoms with Gasteiger partial charge in [-0.1, -0.05) is 53.7 Å². The van der Waals surface area contributed by atoms with E-state index in [0.717, 1.165) is 41.0 Å². The largest absolute Gasteiger partial charge is 0.507 e. The second kappa shape index (κ2) is 8.77. The zero-order valence-corrected chi connectivity index (χ0v) is 22.0. The molecule has 2 aromatic rings. The highest BCUT2D eigenvalue weighted by atomic mass is 32.2. The van der Waals surface area contributed by atoms with Crippen LogP contribution in [0.5, 0.6) is 5.75 Å². The van der Waals surface area contributed by atoms with E-state index in [1.165, 1.54) is 11.8 Å². The molecule has 3 N–H and O–H groups in total. The second-order valence-electron chi connectivity index (χ2n) is 11.1. The number of amides is 1. The number of nitrogens with zero attached hydrogens (tertiary/aromatic N) is 1. The van der Waals surface area contributed by atoms with Crippen LogP contribution in [0.25, 0.3) is 0 Å². The van der Waals surface area contributed by atoms with E-state index in [1.807, 2.05) is 28.6 Å². The molecular weight excluding hydrogens is 454 g/mol. The Morgan fingerprint density at radius 2 is 1.58 bits per heavy atom. The van der Waals surface area contributed by atoms with Crippen molar-refractivity contribution in [3.8, 4) is 5.75 Å². The van der Waals surface area contributed by atoms with Gasteiger partial charge in [0.15, 0.2) is 0 Å². The third-order valence-corrected chi connectivity index (χ3v) is 8.79. The van der Waals surface area contributed by atoms with Crippen molar-refractivity contribution in [3.63, 3.8) is 0 Å². The number of rotatable bonds is 2. The van der Waals surface area contributed by atoms with Crippen molar-refractivity contribution in [1.82, 2.24) is 9.78 Å². The molecule has 0 unspecified atom stereocenters. The zero-order valence-electron chi connectivity index (χ0n) is 20.4. The molecule has 0 saturated carbocycles. The van der Waals surface area contributed by atoms with Crippen LogP contribution in [0.3, 0.4) is 0 Å². The van der Waals surface area contributed by atoms with Crippen LogP contribution in [0.4, 0.5) is 5.82 Å². The van der Waals surface area contributed by atoms with Crippen molar-refractivity contribution in [2.45, 2.75) is 76.5 Å². The molecule has 6 nitrogen and oxygen atoms in total. The molecule has 33 heavy (non-hydrogen) atoms. The molecule has 1 amide bonds. The average molecular weight is 490 g/mol. The number of thioether (sulfide) groups is 2. The molecule has 1 saturated heterocycles. The minimum absolute atomic E-state index is 0.0902. The summed E-state index contributed by atoms with van der Waals surface area (Å²) in [7, 11) is 0. The van der Waals surface area contributed by atoms with Crippen LogP contribution >= 0.6 is 23.5 Å². The lowest BCUT2D eigenvalue weighted by molar-refractivity contribution is -0.113. The number of carbonyl (C=O) groups is 1. The topological polar surface area (TPSA) is 87.1 Å². The van der Waals surface area contributed by atoms with Gasteiger partial charge in [0.2, 0.25) is 5.91 Å². The smallest absolute Gasteiger partial charge is 0.270 e. The number of aromatic hydroxyl groups is 1. The molecule has 1 aromatic heterocycles. The number of aromatic amines is 1. The van der Waals surface area contributed by atoms with Crippen molar-refractivity contribution in [1.29, 1.82) is 0 Å². The minimum Gasteiger partial charge on any atom is -0.507 e. The van der Waals surface area contributed by atoms with Crippen molar-refractivity contribution >= 4 is 35.2 Å². The first-order valence-electron chi connectivity index (χ1n) is 11.6. The maximum absolute atomic E-state index is 13.3. The number of benzene rings is 1. The predicted octanol–water partition coefficient (Wildman–Crippen LogP) is 5.32. The molecular formula is C25H35N3O3S2. The number of hydrogen-bond donors (Lipinski definition) is 3. The highest BCUT2D eigenvalue weighted by Crippen LogP contribution is 2.46. The van der Waals surface area contributed by atoms with E-state index in [1.54, 1.807) is 0 Å². The van der Waals surface area contributed by atoms with Gasteiger partial charge >= 0.3 is 0 Å². The van der Waals surface area contributed by atoms with Crippen LogP contribution in [0.1, 0.15) is 87.9 Å². The number of aromatic nitrogens is 2. The fourth-order valence-corrected chi connectivity index (χ4v) is 6.86. The number of nitrogens with one attached hydrogen (secondary N) is 2. The first-order chi connectivity index (χ1) is 15.4. The number of H-pyrrole nitrogens is 1. The highest BCUT2D eigenvalue weighted by Gasteiger charge is 2.35. The Hall–Kier alpha value is -1.80. The number of fused-ring (bicyclic) bond motifs is 1. The van der Waals surface area contributed by atoms with Gasteiger partial charge in [-0.25, -0.2) is 0 Å². The summed E-state index contributed by atoms with van der Waals surface area (Å²) in [6, 6.07) is 4.23. The van der Waals surface area contributed by atoms with E-state index < -0.39 is 0 Å². The number of anilines is 1. The molecule has 1 fully saturated rings. The lowest BCUT2D eigenvalue weighted by Gasteiger charge is -2.29. The third kappa shape index (κ3) is 4.74. The van der Waals surface area contributed by atoms with Crippen molar-refractivity contribution < 1.29 is 9.90 Å². The molecule has 0 spiro atoms. The molecule has 3 heterocycles. The molecule has 1 atom stereocenters. The van der Waals surface area contributed by atoms with Crippen LogP contribution in [0.15, 0.2) is 16.9 Å². The Bertz CT molecular complexity index is 1080. The van der Waals surface area contributed by atoms with Crippen molar-refractivity contribution in [2.75, 3.05) is 22.6 Å². The maximum atomic E-state index is 13.3. The average Bonchev–Trinajstić information content (AvgIpc) is 2.92. The summed E-state index contributed by atoms with van der Waals surface area (Å²) >= 11 is 3.40. The van der Waals surface area contributed by atoms with Gasteiger partial charge in [0.25, 0.3) is 5.56 Å². The Morgan fingerprint density at radius 1 is 1.00 bits per heavy atom. The predicted molar refractivity (Wildman–Crippen MR) is 139 cm³/mol. The van der Waals surface area contributed by atoms with Crippen LogP contribution in [0.2, 0.25) is 0 Å². The highest BCUT2D eigenvalue weighted by molar-refractivity contribution is 8.00. The third-order valence-electron chi connectivity index (χ3n) is 6.47. The van der Waals surface area contributed by atoms with E-state index in [0.29, 0.717) is 17.1 Å². The molecule has 4 rings (SSSR count). The minimum atomic E-state index is -0.301. The molecule has 2 aliphatic heterocycles. The summed E-state index contributed by atoms with van der Waals surface area (Å²) in [6.07, 6.45) is 1.94.